The summed E-state index contributed by atoms with van der Waals surface area (Å²) in [5.74, 6) is -0.0827. The zero-order chi connectivity index (χ0) is 14.2. The largest absolute Gasteiger partial charge is 0.416 e. The molecule has 0 unspecified atom stereocenters. The van der Waals surface area contributed by atoms with Crippen molar-refractivity contribution in [1.82, 2.24) is 4.57 Å². The Morgan fingerprint density at radius 1 is 1.05 bits per heavy atom. The highest BCUT2D eigenvalue weighted by molar-refractivity contribution is 5.93. The van der Waals surface area contributed by atoms with Crippen LogP contribution in [0, 0.1) is 0 Å². The first-order chi connectivity index (χ1) is 8.80. The number of nitrogens with zero attached hydrogens (tertiary/aromatic N) is 1. The van der Waals surface area contributed by atoms with Crippen LogP contribution < -0.4 is 0 Å². The molecule has 0 saturated carbocycles. The molecular weight excluding hydrogens is 255 g/mol. The fourth-order valence-electron chi connectivity index (χ4n) is 1.98. The molecule has 2 nitrogen and oxygen atoms in total. The van der Waals surface area contributed by atoms with E-state index in [2.05, 4.69) is 0 Å². The molecule has 0 saturated heterocycles. The first-order valence-electron chi connectivity index (χ1n) is 5.65. The second kappa shape index (κ2) is 4.57. The summed E-state index contributed by atoms with van der Waals surface area (Å²) in [6.07, 6.45) is -4.34. The second-order valence-corrected chi connectivity index (χ2v) is 4.29. The minimum Gasteiger partial charge on any atom is -0.341 e. The van der Waals surface area contributed by atoms with E-state index in [-0.39, 0.29) is 5.78 Å². The maximum absolute atomic E-state index is 12.5. The number of aromatic nitrogens is 1. The van der Waals surface area contributed by atoms with Gasteiger partial charge in [0.2, 0.25) is 0 Å². The van der Waals surface area contributed by atoms with Gasteiger partial charge < -0.3 is 4.57 Å². The van der Waals surface area contributed by atoms with Gasteiger partial charge in [0.25, 0.3) is 0 Å². The number of carbonyl (C=O) groups excluding carboxylic acids is 1. The molecule has 0 spiro atoms. The highest BCUT2D eigenvalue weighted by Gasteiger charge is 2.30. The van der Waals surface area contributed by atoms with Crippen LogP contribution in [0.3, 0.4) is 0 Å². The van der Waals surface area contributed by atoms with Crippen molar-refractivity contribution in [3.63, 3.8) is 0 Å². The Morgan fingerprint density at radius 2 is 1.63 bits per heavy atom. The van der Waals surface area contributed by atoms with Gasteiger partial charge in [0.15, 0.2) is 5.78 Å². The molecule has 19 heavy (non-hydrogen) atoms. The van der Waals surface area contributed by atoms with Gasteiger partial charge in [-0.25, -0.2) is 0 Å². The van der Waals surface area contributed by atoms with Crippen molar-refractivity contribution in [2.75, 3.05) is 0 Å². The van der Waals surface area contributed by atoms with Gasteiger partial charge in [-0.2, -0.15) is 13.2 Å². The second-order valence-electron chi connectivity index (χ2n) is 4.29. The van der Waals surface area contributed by atoms with Crippen molar-refractivity contribution in [3.8, 4) is 11.3 Å². The van der Waals surface area contributed by atoms with Crippen molar-refractivity contribution in [2.24, 2.45) is 7.05 Å². The summed E-state index contributed by atoms with van der Waals surface area (Å²) in [6.45, 7) is 1.45. The minimum atomic E-state index is -4.34. The molecule has 1 heterocycles. The van der Waals surface area contributed by atoms with Gasteiger partial charge in [-0.1, -0.05) is 12.1 Å². The number of hydrogen-bond donors (Lipinski definition) is 0. The molecule has 0 radical (unpaired) electrons. The van der Waals surface area contributed by atoms with Crippen LogP contribution in [-0.4, -0.2) is 10.4 Å². The molecule has 2 aromatic rings. The van der Waals surface area contributed by atoms with Crippen molar-refractivity contribution >= 4 is 5.78 Å². The SMILES string of the molecule is CC(=O)c1ccc(-c2ccc(C(F)(F)F)cc2)n1C. The number of alkyl halides is 3. The van der Waals surface area contributed by atoms with Crippen molar-refractivity contribution in [2.45, 2.75) is 13.1 Å². The molecule has 0 bridgehead atoms. The highest BCUT2D eigenvalue weighted by atomic mass is 19.4. The van der Waals surface area contributed by atoms with E-state index in [4.69, 9.17) is 0 Å². The molecule has 0 aliphatic rings. The Hall–Kier alpha value is -2.04. The first kappa shape index (κ1) is 13.4. The van der Waals surface area contributed by atoms with Gasteiger partial charge in [0.1, 0.15) is 0 Å². The molecule has 0 aliphatic carbocycles. The summed E-state index contributed by atoms with van der Waals surface area (Å²) in [7, 11) is 1.71. The molecule has 2 rings (SSSR count). The van der Waals surface area contributed by atoms with Crippen LogP contribution in [-0.2, 0) is 13.2 Å². The van der Waals surface area contributed by atoms with E-state index in [9.17, 15) is 18.0 Å². The summed E-state index contributed by atoms with van der Waals surface area (Å²) >= 11 is 0. The van der Waals surface area contributed by atoms with Crippen molar-refractivity contribution in [1.29, 1.82) is 0 Å². The topological polar surface area (TPSA) is 22.0 Å². The average molecular weight is 267 g/mol. The standard InChI is InChI=1S/C14H12F3NO/c1-9(19)12-7-8-13(18(12)2)10-3-5-11(6-4-10)14(15,16)17/h3-8H,1-2H3. The quantitative estimate of drug-likeness (QED) is 0.756. The third-order valence-corrected chi connectivity index (χ3v) is 2.99. The van der Waals surface area contributed by atoms with E-state index >= 15 is 0 Å². The average Bonchev–Trinajstić information content (AvgIpc) is 2.70. The van der Waals surface area contributed by atoms with Gasteiger partial charge in [-0.3, -0.25) is 4.79 Å². The number of halogens is 3. The van der Waals surface area contributed by atoms with Gasteiger partial charge in [0, 0.05) is 19.7 Å². The van der Waals surface area contributed by atoms with E-state index in [1.807, 2.05) is 0 Å². The van der Waals surface area contributed by atoms with Gasteiger partial charge in [0.05, 0.1) is 11.3 Å². The Balaban J connectivity index is 2.41. The Labute approximate surface area is 108 Å². The maximum Gasteiger partial charge on any atom is 0.416 e. The van der Waals surface area contributed by atoms with Crippen molar-refractivity contribution in [3.05, 3.63) is 47.7 Å². The van der Waals surface area contributed by atoms with Crippen LogP contribution in [0.2, 0.25) is 0 Å². The van der Waals surface area contributed by atoms with Crippen LogP contribution in [0.15, 0.2) is 36.4 Å². The van der Waals surface area contributed by atoms with Crippen molar-refractivity contribution < 1.29 is 18.0 Å². The normalized spacial score (nSPS) is 11.6. The number of ketones is 1. The summed E-state index contributed by atoms with van der Waals surface area (Å²) in [5, 5.41) is 0. The van der Waals surface area contributed by atoms with Crippen LogP contribution in [0.25, 0.3) is 11.3 Å². The summed E-state index contributed by atoms with van der Waals surface area (Å²) < 4.78 is 39.1. The maximum atomic E-state index is 12.5. The zero-order valence-electron chi connectivity index (χ0n) is 10.5. The Kier molecular flexibility index (Phi) is 3.22. The summed E-state index contributed by atoms with van der Waals surface area (Å²) in [5.41, 5.74) is 1.19. The van der Waals surface area contributed by atoms with Crippen LogP contribution in [0.5, 0.6) is 0 Å². The van der Waals surface area contributed by atoms with E-state index in [0.717, 1.165) is 12.1 Å². The fourth-order valence-corrected chi connectivity index (χ4v) is 1.98. The van der Waals surface area contributed by atoms with Gasteiger partial charge in [-0.05, 0) is 29.8 Å². The molecule has 1 aromatic carbocycles. The third kappa shape index (κ3) is 2.54. The monoisotopic (exact) mass is 267 g/mol. The molecule has 0 aliphatic heterocycles. The number of benzene rings is 1. The zero-order valence-corrected chi connectivity index (χ0v) is 10.5. The molecule has 0 N–H and O–H groups in total. The third-order valence-electron chi connectivity index (χ3n) is 2.99. The predicted molar refractivity (Wildman–Crippen MR) is 65.9 cm³/mol. The fraction of sp³-hybridized carbons (Fsp3) is 0.214. The molecule has 0 fully saturated rings. The Bertz CT molecular complexity index is 609. The van der Waals surface area contributed by atoms with E-state index < -0.39 is 11.7 Å². The predicted octanol–water partition coefficient (Wildman–Crippen LogP) is 3.91. The first-order valence-corrected chi connectivity index (χ1v) is 5.65. The number of Topliss-reactive ketones (excluding diaryl/α,β-unsaturated/α-hetero) is 1. The van der Waals surface area contributed by atoms with Gasteiger partial charge in [-0.15, -0.1) is 0 Å². The minimum absolute atomic E-state index is 0.0827. The molecule has 5 heteroatoms. The Morgan fingerprint density at radius 3 is 2.05 bits per heavy atom. The number of hydrogen-bond acceptors (Lipinski definition) is 1. The number of carbonyl (C=O) groups is 1. The molecule has 0 amide bonds. The molecular formula is C14H12F3NO. The smallest absolute Gasteiger partial charge is 0.341 e. The summed E-state index contributed by atoms with van der Waals surface area (Å²) in [6, 6.07) is 8.27. The van der Waals surface area contributed by atoms with E-state index in [1.54, 1.807) is 23.7 Å². The van der Waals surface area contributed by atoms with E-state index in [0.29, 0.717) is 17.0 Å². The molecule has 0 atom stereocenters. The molecule has 1 aromatic heterocycles. The lowest BCUT2D eigenvalue weighted by Gasteiger charge is -2.09. The van der Waals surface area contributed by atoms with Gasteiger partial charge >= 0.3 is 6.18 Å². The van der Waals surface area contributed by atoms with E-state index in [1.165, 1.54) is 19.1 Å². The lowest BCUT2D eigenvalue weighted by Crippen LogP contribution is -2.05. The highest BCUT2D eigenvalue weighted by Crippen LogP contribution is 2.31. The van der Waals surface area contributed by atoms with Crippen LogP contribution >= 0.6 is 0 Å². The summed E-state index contributed by atoms with van der Waals surface area (Å²) in [4.78, 5) is 11.3. The lowest BCUT2D eigenvalue weighted by atomic mass is 10.1. The lowest BCUT2D eigenvalue weighted by molar-refractivity contribution is -0.137. The number of rotatable bonds is 2. The van der Waals surface area contributed by atoms with Crippen LogP contribution in [0.1, 0.15) is 23.0 Å². The van der Waals surface area contributed by atoms with Crippen LogP contribution in [0.4, 0.5) is 13.2 Å². The molecule has 100 valence electrons.